The number of carbonyl (C=O) groups excluding carboxylic acids is 1. The summed E-state index contributed by atoms with van der Waals surface area (Å²) in [7, 11) is 0. The summed E-state index contributed by atoms with van der Waals surface area (Å²) in [4.78, 5) is 30.2. The second-order valence-corrected chi connectivity index (χ2v) is 7.58. The number of amides is 1. The number of hydrogen-bond acceptors (Lipinski definition) is 5. The van der Waals surface area contributed by atoms with E-state index in [1.54, 1.807) is 6.33 Å². The normalized spacial score (nSPS) is 19.2. The molecule has 0 aliphatic carbocycles. The quantitative estimate of drug-likeness (QED) is 0.812. The van der Waals surface area contributed by atoms with Gasteiger partial charge in [0, 0.05) is 31.4 Å². The first kappa shape index (κ1) is 17.2. The lowest BCUT2D eigenvalue weighted by Crippen LogP contribution is -2.34. The molecule has 1 atom stereocenters. The van der Waals surface area contributed by atoms with Gasteiger partial charge in [0.2, 0.25) is 5.91 Å². The number of aryl methyl sites for hydroxylation is 2. The van der Waals surface area contributed by atoms with Crippen molar-refractivity contribution < 1.29 is 4.79 Å². The van der Waals surface area contributed by atoms with Gasteiger partial charge in [-0.1, -0.05) is 11.6 Å². The fourth-order valence-corrected chi connectivity index (χ4v) is 4.06. The Hall–Kier alpha value is -2.21. The van der Waals surface area contributed by atoms with E-state index in [2.05, 4.69) is 19.9 Å². The van der Waals surface area contributed by atoms with Gasteiger partial charge in [0.15, 0.2) is 0 Å². The molecular weight excluding hydrogens is 350 g/mol. The lowest BCUT2D eigenvalue weighted by Gasteiger charge is -2.21. The number of pyridine rings is 1. The van der Waals surface area contributed by atoms with Crippen LogP contribution in [0.4, 0.5) is 5.82 Å². The van der Waals surface area contributed by atoms with Crippen LogP contribution in [0, 0.1) is 26.7 Å². The summed E-state index contributed by atoms with van der Waals surface area (Å²) in [6.45, 7) is 8.61. The van der Waals surface area contributed by atoms with Gasteiger partial charge in [0.25, 0.3) is 0 Å². The molecule has 0 N–H and O–H groups in total. The van der Waals surface area contributed by atoms with Crippen molar-refractivity contribution in [2.75, 3.05) is 18.0 Å². The third-order valence-corrected chi connectivity index (χ3v) is 5.96. The largest absolute Gasteiger partial charge is 0.356 e. The fourth-order valence-electron chi connectivity index (χ4n) is 3.90. The maximum Gasteiger partial charge on any atom is 0.228 e. The molecule has 4 heterocycles. The summed E-state index contributed by atoms with van der Waals surface area (Å²) in [6.07, 6.45) is 2.43. The minimum atomic E-state index is -0.00328. The molecule has 26 heavy (non-hydrogen) atoms. The van der Waals surface area contributed by atoms with Crippen molar-refractivity contribution in [3.05, 3.63) is 45.6 Å². The van der Waals surface area contributed by atoms with Crippen LogP contribution >= 0.6 is 11.6 Å². The van der Waals surface area contributed by atoms with Crippen LogP contribution < -0.4 is 4.90 Å². The summed E-state index contributed by atoms with van der Waals surface area (Å²) in [5.74, 6) is 1.10. The van der Waals surface area contributed by atoms with Gasteiger partial charge in [-0.15, -0.1) is 0 Å². The number of rotatable bonds is 2. The van der Waals surface area contributed by atoms with Crippen LogP contribution in [0.2, 0.25) is 5.02 Å². The highest BCUT2D eigenvalue weighted by atomic mass is 35.5. The van der Waals surface area contributed by atoms with E-state index in [4.69, 9.17) is 11.6 Å². The molecule has 0 saturated carbocycles. The van der Waals surface area contributed by atoms with Gasteiger partial charge in [-0.3, -0.25) is 9.78 Å². The van der Waals surface area contributed by atoms with Gasteiger partial charge >= 0.3 is 0 Å². The zero-order valence-corrected chi connectivity index (χ0v) is 16.0. The van der Waals surface area contributed by atoms with Crippen molar-refractivity contribution in [2.45, 2.75) is 40.3 Å². The Labute approximate surface area is 158 Å². The van der Waals surface area contributed by atoms with E-state index in [0.717, 1.165) is 47.0 Å². The SMILES string of the molecule is Cc1cc(N2CC[C@@H](C(=O)N3Cc4nc(C)c(Cl)c(C)c4C3)C2)ncn1. The molecule has 0 radical (unpaired) electrons. The maximum absolute atomic E-state index is 13.0. The molecular formula is C19H22ClN5O. The number of fused-ring (bicyclic) bond motifs is 1. The van der Waals surface area contributed by atoms with Gasteiger partial charge < -0.3 is 9.80 Å². The molecule has 6 nitrogen and oxygen atoms in total. The van der Waals surface area contributed by atoms with Crippen LogP contribution in [-0.2, 0) is 17.9 Å². The average Bonchev–Trinajstić information content (AvgIpc) is 3.26. The predicted molar refractivity (Wildman–Crippen MR) is 100 cm³/mol. The molecule has 1 fully saturated rings. The van der Waals surface area contributed by atoms with E-state index in [9.17, 15) is 4.79 Å². The van der Waals surface area contributed by atoms with E-state index >= 15 is 0 Å². The first-order chi connectivity index (χ1) is 12.4. The van der Waals surface area contributed by atoms with Crippen molar-refractivity contribution >= 4 is 23.3 Å². The van der Waals surface area contributed by atoms with Gasteiger partial charge in [-0.25, -0.2) is 9.97 Å². The molecule has 4 rings (SSSR count). The molecule has 1 saturated heterocycles. The molecule has 0 spiro atoms. The minimum Gasteiger partial charge on any atom is -0.356 e. The smallest absolute Gasteiger partial charge is 0.228 e. The van der Waals surface area contributed by atoms with E-state index in [-0.39, 0.29) is 11.8 Å². The standard InChI is InChI=1S/C19H22ClN5O/c1-11-6-17(22-10-21-11)24-5-4-14(7-24)19(26)25-8-15-12(2)18(20)13(3)23-16(15)9-25/h6,10,14H,4-5,7-9H2,1-3H3/t14-/m1/s1. The molecule has 136 valence electrons. The van der Waals surface area contributed by atoms with Gasteiger partial charge in [-0.2, -0.15) is 0 Å². The summed E-state index contributed by atoms with van der Waals surface area (Å²) in [5.41, 5.74) is 4.92. The minimum absolute atomic E-state index is 0.00328. The molecule has 1 amide bonds. The molecule has 0 unspecified atom stereocenters. The summed E-state index contributed by atoms with van der Waals surface area (Å²) >= 11 is 6.33. The van der Waals surface area contributed by atoms with Crippen LogP contribution in [0.5, 0.6) is 0 Å². The monoisotopic (exact) mass is 371 g/mol. The molecule has 2 aromatic rings. The van der Waals surface area contributed by atoms with E-state index in [1.165, 1.54) is 0 Å². The van der Waals surface area contributed by atoms with Gasteiger partial charge in [0.05, 0.1) is 28.9 Å². The maximum atomic E-state index is 13.0. The highest BCUT2D eigenvalue weighted by molar-refractivity contribution is 6.32. The zero-order valence-electron chi connectivity index (χ0n) is 15.3. The topological polar surface area (TPSA) is 62.2 Å². The van der Waals surface area contributed by atoms with Gasteiger partial charge in [0.1, 0.15) is 12.1 Å². The highest BCUT2D eigenvalue weighted by Crippen LogP contribution is 2.32. The van der Waals surface area contributed by atoms with E-state index < -0.39 is 0 Å². The molecule has 7 heteroatoms. The van der Waals surface area contributed by atoms with Crippen LogP contribution in [0.1, 0.15) is 34.6 Å². The van der Waals surface area contributed by atoms with Crippen LogP contribution in [0.25, 0.3) is 0 Å². The Kier molecular flexibility index (Phi) is 4.31. The second kappa shape index (κ2) is 6.50. The molecule has 2 aromatic heterocycles. The van der Waals surface area contributed by atoms with Crippen molar-refractivity contribution in [3.63, 3.8) is 0 Å². The Balaban J connectivity index is 1.47. The predicted octanol–water partition coefficient (Wildman–Crippen LogP) is 2.82. The lowest BCUT2D eigenvalue weighted by molar-refractivity contribution is -0.135. The summed E-state index contributed by atoms with van der Waals surface area (Å²) < 4.78 is 0. The molecule has 0 bridgehead atoms. The number of carbonyl (C=O) groups is 1. The first-order valence-corrected chi connectivity index (χ1v) is 9.28. The Morgan fingerprint density at radius 1 is 1.23 bits per heavy atom. The number of hydrogen-bond donors (Lipinski definition) is 0. The van der Waals surface area contributed by atoms with Crippen molar-refractivity contribution in [1.82, 2.24) is 19.9 Å². The zero-order chi connectivity index (χ0) is 18.4. The molecule has 0 aromatic carbocycles. The molecule has 2 aliphatic rings. The Morgan fingerprint density at radius 3 is 2.81 bits per heavy atom. The number of nitrogens with zero attached hydrogens (tertiary/aromatic N) is 5. The van der Waals surface area contributed by atoms with Crippen LogP contribution in [0.15, 0.2) is 12.4 Å². The van der Waals surface area contributed by atoms with Crippen molar-refractivity contribution in [3.8, 4) is 0 Å². The lowest BCUT2D eigenvalue weighted by atomic mass is 10.1. The Bertz CT molecular complexity index is 884. The van der Waals surface area contributed by atoms with E-state index in [1.807, 2.05) is 31.7 Å². The number of halogens is 1. The van der Waals surface area contributed by atoms with Crippen molar-refractivity contribution in [1.29, 1.82) is 0 Å². The summed E-state index contributed by atoms with van der Waals surface area (Å²) in [6, 6.07) is 1.97. The first-order valence-electron chi connectivity index (χ1n) is 8.91. The number of aromatic nitrogens is 3. The summed E-state index contributed by atoms with van der Waals surface area (Å²) in [5, 5.41) is 0.712. The molecule has 2 aliphatic heterocycles. The van der Waals surface area contributed by atoms with E-state index in [0.29, 0.717) is 24.7 Å². The average molecular weight is 372 g/mol. The van der Waals surface area contributed by atoms with Crippen LogP contribution in [0.3, 0.4) is 0 Å². The third kappa shape index (κ3) is 2.92. The second-order valence-electron chi connectivity index (χ2n) is 7.20. The van der Waals surface area contributed by atoms with Crippen LogP contribution in [-0.4, -0.2) is 38.8 Å². The Morgan fingerprint density at radius 2 is 2.04 bits per heavy atom. The number of anilines is 1. The fraction of sp³-hybridized carbons (Fsp3) is 0.474. The highest BCUT2D eigenvalue weighted by Gasteiger charge is 2.35. The third-order valence-electron chi connectivity index (χ3n) is 5.40. The van der Waals surface area contributed by atoms with Gasteiger partial charge in [-0.05, 0) is 38.3 Å². The van der Waals surface area contributed by atoms with Crippen molar-refractivity contribution in [2.24, 2.45) is 5.92 Å².